The first-order chi connectivity index (χ1) is 13.9. The Kier molecular flexibility index (Phi) is 4.66. The van der Waals surface area contributed by atoms with E-state index in [0.717, 1.165) is 39.9 Å². The van der Waals surface area contributed by atoms with Gasteiger partial charge < -0.3 is 14.2 Å². The maximum atomic E-state index is 12.6. The standard InChI is InChI=1S/C22H23N5O2/c1-5-26-14(4)23-17-12-15(8-10-19(17)26)21(28)25-24-20-16-11-13(3)7-9-18(16)27(6-2)22(20)29/h7-12,29H,5-6H2,1-4H3. The van der Waals surface area contributed by atoms with Gasteiger partial charge in [0, 0.05) is 24.0 Å². The molecule has 1 N–H and O–H groups in total. The topological polar surface area (TPSA) is 84.8 Å². The van der Waals surface area contributed by atoms with E-state index in [1.807, 2.05) is 45.0 Å². The highest BCUT2D eigenvalue weighted by atomic mass is 16.3. The molecule has 0 bridgehead atoms. The number of aryl methyl sites for hydroxylation is 4. The lowest BCUT2D eigenvalue weighted by molar-refractivity contribution is 0.0995. The smallest absolute Gasteiger partial charge is 0.295 e. The molecule has 0 unspecified atom stereocenters. The van der Waals surface area contributed by atoms with E-state index < -0.39 is 5.91 Å². The van der Waals surface area contributed by atoms with Gasteiger partial charge in [-0.2, -0.15) is 0 Å². The number of carbonyl (C=O) groups is 1. The van der Waals surface area contributed by atoms with E-state index in [9.17, 15) is 9.90 Å². The quantitative estimate of drug-likeness (QED) is 0.482. The summed E-state index contributed by atoms with van der Waals surface area (Å²) < 4.78 is 3.84. The van der Waals surface area contributed by atoms with Gasteiger partial charge in [0.15, 0.2) is 5.69 Å². The van der Waals surface area contributed by atoms with Gasteiger partial charge in [0.2, 0.25) is 5.88 Å². The zero-order chi connectivity index (χ0) is 20.7. The molecule has 7 heteroatoms. The summed E-state index contributed by atoms with van der Waals surface area (Å²) in [5.74, 6) is 0.443. The van der Waals surface area contributed by atoms with Crippen LogP contribution in [0.2, 0.25) is 0 Å². The van der Waals surface area contributed by atoms with Crippen molar-refractivity contribution in [1.29, 1.82) is 0 Å². The molecule has 4 aromatic rings. The Morgan fingerprint density at radius 2 is 1.76 bits per heavy atom. The van der Waals surface area contributed by atoms with Crippen molar-refractivity contribution in [3.63, 3.8) is 0 Å². The van der Waals surface area contributed by atoms with Crippen LogP contribution in [0.4, 0.5) is 5.69 Å². The maximum absolute atomic E-state index is 12.6. The zero-order valence-electron chi connectivity index (χ0n) is 17.0. The predicted molar refractivity (Wildman–Crippen MR) is 113 cm³/mol. The van der Waals surface area contributed by atoms with Crippen LogP contribution in [-0.2, 0) is 13.1 Å². The number of rotatable bonds is 4. The molecule has 29 heavy (non-hydrogen) atoms. The van der Waals surface area contributed by atoms with Gasteiger partial charge in [0.1, 0.15) is 5.82 Å². The molecule has 0 aliphatic carbocycles. The first-order valence-corrected chi connectivity index (χ1v) is 9.69. The van der Waals surface area contributed by atoms with Crippen molar-refractivity contribution < 1.29 is 9.90 Å². The minimum absolute atomic E-state index is 0.0115. The number of aromatic nitrogens is 3. The highest BCUT2D eigenvalue weighted by Gasteiger charge is 2.17. The van der Waals surface area contributed by atoms with Gasteiger partial charge in [-0.15, -0.1) is 10.2 Å². The van der Waals surface area contributed by atoms with Crippen LogP contribution in [0.25, 0.3) is 21.9 Å². The number of fused-ring (bicyclic) bond motifs is 2. The highest BCUT2D eigenvalue weighted by molar-refractivity contribution is 5.99. The number of aromatic hydroxyl groups is 1. The molecule has 7 nitrogen and oxygen atoms in total. The number of carbonyl (C=O) groups excluding carboxylic acids is 1. The summed E-state index contributed by atoms with van der Waals surface area (Å²) >= 11 is 0. The molecule has 0 aliphatic rings. The molecule has 0 atom stereocenters. The Labute approximate surface area is 168 Å². The molecule has 148 valence electrons. The fourth-order valence-corrected chi connectivity index (χ4v) is 3.79. The first kappa shape index (κ1) is 18.9. The molecule has 1 amide bonds. The lowest BCUT2D eigenvalue weighted by atomic mass is 10.1. The number of amides is 1. The van der Waals surface area contributed by atoms with Crippen LogP contribution in [0, 0.1) is 13.8 Å². The van der Waals surface area contributed by atoms with E-state index in [0.29, 0.717) is 17.8 Å². The Bertz CT molecular complexity index is 1280. The lowest BCUT2D eigenvalue weighted by Crippen LogP contribution is -1.97. The van der Waals surface area contributed by atoms with Crippen LogP contribution in [0.5, 0.6) is 5.88 Å². The molecule has 0 aliphatic heterocycles. The van der Waals surface area contributed by atoms with Crippen molar-refractivity contribution in [1.82, 2.24) is 14.1 Å². The number of hydrogen-bond acceptors (Lipinski definition) is 4. The van der Waals surface area contributed by atoms with Gasteiger partial charge in [-0.1, -0.05) is 11.6 Å². The third kappa shape index (κ3) is 3.08. The van der Waals surface area contributed by atoms with E-state index in [1.54, 1.807) is 16.7 Å². The molecule has 0 radical (unpaired) electrons. The number of azo groups is 1. The summed E-state index contributed by atoms with van der Waals surface area (Å²) in [6, 6.07) is 11.2. The van der Waals surface area contributed by atoms with E-state index in [-0.39, 0.29) is 5.88 Å². The van der Waals surface area contributed by atoms with Crippen molar-refractivity contribution >= 4 is 33.5 Å². The van der Waals surface area contributed by atoms with Crippen molar-refractivity contribution in [2.75, 3.05) is 0 Å². The minimum Gasteiger partial charge on any atom is -0.493 e. The molecule has 2 aromatic carbocycles. The molecule has 2 heterocycles. The lowest BCUT2D eigenvalue weighted by Gasteiger charge is -2.02. The average molecular weight is 389 g/mol. The molecule has 0 fully saturated rings. The van der Waals surface area contributed by atoms with Crippen LogP contribution in [0.15, 0.2) is 46.6 Å². The number of benzene rings is 2. The van der Waals surface area contributed by atoms with Gasteiger partial charge in [-0.3, -0.25) is 4.79 Å². The average Bonchev–Trinajstić information content (AvgIpc) is 3.17. The van der Waals surface area contributed by atoms with E-state index >= 15 is 0 Å². The third-order valence-corrected chi connectivity index (χ3v) is 5.22. The van der Waals surface area contributed by atoms with E-state index in [4.69, 9.17) is 0 Å². The van der Waals surface area contributed by atoms with E-state index in [1.165, 1.54) is 0 Å². The highest BCUT2D eigenvalue weighted by Crippen LogP contribution is 2.39. The van der Waals surface area contributed by atoms with Crippen LogP contribution < -0.4 is 0 Å². The molecule has 0 saturated carbocycles. The summed E-state index contributed by atoms with van der Waals surface area (Å²) in [4.78, 5) is 17.1. The van der Waals surface area contributed by atoms with E-state index in [2.05, 4.69) is 26.7 Å². The summed E-state index contributed by atoms with van der Waals surface area (Å²) in [6.45, 7) is 9.32. The second-order valence-corrected chi connectivity index (χ2v) is 7.05. The third-order valence-electron chi connectivity index (χ3n) is 5.22. The fourth-order valence-electron chi connectivity index (χ4n) is 3.79. The minimum atomic E-state index is -0.472. The maximum Gasteiger partial charge on any atom is 0.295 e. The second-order valence-electron chi connectivity index (χ2n) is 7.05. The van der Waals surface area contributed by atoms with Crippen molar-refractivity contribution in [2.45, 2.75) is 40.8 Å². The number of nitrogens with zero attached hydrogens (tertiary/aromatic N) is 5. The monoisotopic (exact) mass is 389 g/mol. The second kappa shape index (κ2) is 7.16. The molecular formula is C22H23N5O2. The van der Waals surface area contributed by atoms with Gasteiger partial charge in [0.25, 0.3) is 5.91 Å². The Morgan fingerprint density at radius 3 is 2.48 bits per heavy atom. The van der Waals surface area contributed by atoms with Gasteiger partial charge in [-0.05, 0) is 58.0 Å². The predicted octanol–water partition coefficient (Wildman–Crippen LogP) is 5.28. The zero-order valence-corrected chi connectivity index (χ0v) is 17.0. The normalized spacial score (nSPS) is 11.9. The summed E-state index contributed by atoms with van der Waals surface area (Å²) in [7, 11) is 0. The van der Waals surface area contributed by atoms with Gasteiger partial charge in [0.05, 0.1) is 16.6 Å². The van der Waals surface area contributed by atoms with Crippen molar-refractivity contribution in [3.8, 4) is 5.88 Å². The van der Waals surface area contributed by atoms with Gasteiger partial charge >= 0.3 is 0 Å². The summed E-state index contributed by atoms with van der Waals surface area (Å²) in [5, 5.41) is 19.4. The summed E-state index contributed by atoms with van der Waals surface area (Å²) in [5.41, 5.74) is 4.37. The van der Waals surface area contributed by atoms with Crippen LogP contribution in [0.3, 0.4) is 0 Å². The van der Waals surface area contributed by atoms with Crippen LogP contribution in [0.1, 0.15) is 35.6 Å². The molecular weight excluding hydrogens is 366 g/mol. The fraction of sp³-hybridized carbons (Fsp3) is 0.273. The number of imidazole rings is 1. The summed E-state index contributed by atoms with van der Waals surface area (Å²) in [6.07, 6.45) is 0. The van der Waals surface area contributed by atoms with Crippen LogP contribution >= 0.6 is 0 Å². The molecule has 0 saturated heterocycles. The molecule has 0 spiro atoms. The van der Waals surface area contributed by atoms with Crippen LogP contribution in [-0.4, -0.2) is 25.1 Å². The SMILES string of the molecule is CCn1c(C)nc2cc(C(=O)N=Nc3c(O)n(CC)c4ccc(C)cc34)ccc21. The van der Waals surface area contributed by atoms with Crippen molar-refractivity contribution in [3.05, 3.63) is 53.3 Å². The largest absolute Gasteiger partial charge is 0.493 e. The first-order valence-electron chi connectivity index (χ1n) is 9.69. The Morgan fingerprint density at radius 1 is 1.03 bits per heavy atom. The Hall–Kier alpha value is -3.48. The number of hydrogen-bond donors (Lipinski definition) is 1. The Balaban J connectivity index is 1.73. The van der Waals surface area contributed by atoms with Gasteiger partial charge in [-0.25, -0.2) is 4.98 Å². The molecule has 4 rings (SSSR count). The molecule has 2 aromatic heterocycles. The van der Waals surface area contributed by atoms with Crippen molar-refractivity contribution in [2.24, 2.45) is 10.2 Å².